The van der Waals surface area contributed by atoms with E-state index in [1.807, 2.05) is 23.1 Å². The molecular formula is C20H26N2O5. The lowest BCUT2D eigenvalue weighted by Crippen LogP contribution is -2.51. The summed E-state index contributed by atoms with van der Waals surface area (Å²) in [5.41, 5.74) is 1.16. The van der Waals surface area contributed by atoms with Crippen molar-refractivity contribution in [2.45, 2.75) is 32.2 Å². The highest BCUT2D eigenvalue weighted by Gasteiger charge is 2.38. The number of ether oxygens (including phenoxy) is 2. The summed E-state index contributed by atoms with van der Waals surface area (Å²) in [6, 6.07) is 6.00. The minimum atomic E-state index is -0.825. The molecule has 2 atom stereocenters. The van der Waals surface area contributed by atoms with Crippen LogP contribution >= 0.6 is 0 Å². The number of carboxylic acids is 1. The summed E-state index contributed by atoms with van der Waals surface area (Å²) < 4.78 is 10.8. The number of amides is 1. The Morgan fingerprint density at radius 3 is 2.44 bits per heavy atom. The predicted octanol–water partition coefficient (Wildman–Crippen LogP) is 1.95. The monoisotopic (exact) mass is 374 g/mol. The molecule has 146 valence electrons. The molecule has 3 aliphatic rings. The van der Waals surface area contributed by atoms with Gasteiger partial charge in [-0.3, -0.25) is 14.5 Å². The van der Waals surface area contributed by atoms with Crippen LogP contribution in [-0.4, -0.2) is 59.8 Å². The second-order valence-electron chi connectivity index (χ2n) is 7.62. The third-order valence-corrected chi connectivity index (χ3v) is 5.93. The zero-order valence-electron chi connectivity index (χ0n) is 15.4. The molecule has 2 fully saturated rings. The molecule has 1 saturated heterocycles. The van der Waals surface area contributed by atoms with E-state index in [4.69, 9.17) is 9.47 Å². The van der Waals surface area contributed by atoms with Crippen molar-refractivity contribution in [1.29, 1.82) is 0 Å². The normalized spacial score (nSPS) is 25.4. The Bertz CT molecular complexity index is 714. The summed E-state index contributed by atoms with van der Waals surface area (Å²) >= 11 is 0. The molecule has 1 N–H and O–H groups in total. The zero-order chi connectivity index (χ0) is 18.8. The molecular weight excluding hydrogens is 348 g/mol. The van der Waals surface area contributed by atoms with Crippen molar-refractivity contribution in [3.8, 4) is 11.5 Å². The summed E-state index contributed by atoms with van der Waals surface area (Å²) in [5.74, 6) is -0.0816. The van der Waals surface area contributed by atoms with E-state index in [-0.39, 0.29) is 18.6 Å². The second kappa shape index (κ2) is 7.76. The highest BCUT2D eigenvalue weighted by Crippen LogP contribution is 2.34. The van der Waals surface area contributed by atoms with Crippen molar-refractivity contribution in [3.63, 3.8) is 0 Å². The first-order valence-electron chi connectivity index (χ1n) is 9.74. The van der Waals surface area contributed by atoms with Gasteiger partial charge in [0.2, 0.25) is 12.7 Å². The van der Waals surface area contributed by atoms with E-state index in [0.717, 1.165) is 49.5 Å². The first-order chi connectivity index (χ1) is 13.1. The van der Waals surface area contributed by atoms with Crippen LogP contribution in [0, 0.1) is 11.8 Å². The molecule has 1 saturated carbocycles. The number of aliphatic carboxylic acids is 1. The molecule has 0 spiro atoms. The number of fused-ring (bicyclic) bond motifs is 1. The third kappa shape index (κ3) is 3.88. The summed E-state index contributed by atoms with van der Waals surface area (Å²) in [7, 11) is 0. The lowest BCUT2D eigenvalue weighted by Gasteiger charge is -2.38. The van der Waals surface area contributed by atoms with Crippen molar-refractivity contribution >= 4 is 11.9 Å². The first kappa shape index (κ1) is 18.1. The Balaban J connectivity index is 1.32. The number of hydrogen-bond acceptors (Lipinski definition) is 5. The highest BCUT2D eigenvalue weighted by atomic mass is 16.7. The molecule has 4 rings (SSSR count). The summed E-state index contributed by atoms with van der Waals surface area (Å²) in [4.78, 5) is 28.5. The van der Waals surface area contributed by atoms with E-state index in [1.54, 1.807) is 0 Å². The Morgan fingerprint density at radius 2 is 1.70 bits per heavy atom. The summed E-state index contributed by atoms with van der Waals surface area (Å²) in [6.45, 7) is 3.99. The average Bonchev–Trinajstić information content (AvgIpc) is 3.16. The smallest absolute Gasteiger partial charge is 0.307 e. The summed E-state index contributed by atoms with van der Waals surface area (Å²) in [5, 5.41) is 9.43. The van der Waals surface area contributed by atoms with E-state index >= 15 is 0 Å². The Kier molecular flexibility index (Phi) is 5.20. The van der Waals surface area contributed by atoms with Gasteiger partial charge in [0.15, 0.2) is 11.5 Å². The third-order valence-electron chi connectivity index (χ3n) is 5.93. The molecule has 2 unspecified atom stereocenters. The van der Waals surface area contributed by atoms with Crippen LogP contribution in [0.3, 0.4) is 0 Å². The number of hydrogen-bond donors (Lipinski definition) is 1. The number of carboxylic acid groups (broad SMARTS) is 1. The van der Waals surface area contributed by atoms with E-state index in [0.29, 0.717) is 25.9 Å². The van der Waals surface area contributed by atoms with Gasteiger partial charge in [0, 0.05) is 32.7 Å². The number of carbonyl (C=O) groups excluding carboxylic acids is 1. The molecule has 1 aromatic rings. The molecule has 1 aliphatic carbocycles. The maximum atomic E-state index is 12.9. The molecule has 2 heterocycles. The van der Waals surface area contributed by atoms with Gasteiger partial charge in [-0.15, -0.1) is 0 Å². The fraction of sp³-hybridized carbons (Fsp3) is 0.600. The van der Waals surface area contributed by atoms with Gasteiger partial charge in [-0.2, -0.15) is 0 Å². The Morgan fingerprint density at radius 1 is 1.00 bits per heavy atom. The average molecular weight is 374 g/mol. The van der Waals surface area contributed by atoms with Gasteiger partial charge in [0.1, 0.15) is 0 Å². The topological polar surface area (TPSA) is 79.3 Å². The van der Waals surface area contributed by atoms with Gasteiger partial charge in [0.05, 0.1) is 11.8 Å². The van der Waals surface area contributed by atoms with Crippen molar-refractivity contribution in [2.24, 2.45) is 11.8 Å². The maximum absolute atomic E-state index is 12.9. The Hall–Kier alpha value is -2.28. The van der Waals surface area contributed by atoms with Crippen molar-refractivity contribution in [1.82, 2.24) is 9.80 Å². The van der Waals surface area contributed by atoms with Crippen LogP contribution < -0.4 is 9.47 Å². The molecule has 2 aliphatic heterocycles. The van der Waals surface area contributed by atoms with Crippen LogP contribution in [0.25, 0.3) is 0 Å². The zero-order valence-corrected chi connectivity index (χ0v) is 15.4. The van der Waals surface area contributed by atoms with Crippen molar-refractivity contribution in [3.05, 3.63) is 23.8 Å². The number of benzene rings is 1. The molecule has 0 radical (unpaired) electrons. The van der Waals surface area contributed by atoms with Gasteiger partial charge in [-0.25, -0.2) is 0 Å². The van der Waals surface area contributed by atoms with Crippen LogP contribution in [0.1, 0.15) is 31.2 Å². The molecule has 1 amide bonds. The molecule has 7 nitrogen and oxygen atoms in total. The number of piperazine rings is 1. The number of nitrogens with zero attached hydrogens (tertiary/aromatic N) is 2. The maximum Gasteiger partial charge on any atom is 0.307 e. The van der Waals surface area contributed by atoms with E-state index in [9.17, 15) is 14.7 Å². The standard InChI is InChI=1S/C20H26N2O5/c23-19(15-3-1-2-4-16(15)20(24)25)22-9-7-21(8-10-22)12-14-5-6-17-18(11-14)27-13-26-17/h5-6,11,15-16H,1-4,7-10,12-13H2,(H,24,25). The van der Waals surface area contributed by atoms with E-state index in [2.05, 4.69) is 4.90 Å². The van der Waals surface area contributed by atoms with Gasteiger partial charge < -0.3 is 19.5 Å². The lowest BCUT2D eigenvalue weighted by atomic mass is 9.78. The van der Waals surface area contributed by atoms with Crippen LogP contribution in [0.2, 0.25) is 0 Å². The first-order valence-corrected chi connectivity index (χ1v) is 9.74. The quantitative estimate of drug-likeness (QED) is 0.868. The fourth-order valence-electron chi connectivity index (χ4n) is 4.38. The largest absolute Gasteiger partial charge is 0.481 e. The van der Waals surface area contributed by atoms with Crippen molar-refractivity contribution in [2.75, 3.05) is 33.0 Å². The fourth-order valence-corrected chi connectivity index (χ4v) is 4.38. The summed E-state index contributed by atoms with van der Waals surface area (Å²) in [6.07, 6.45) is 3.18. The van der Waals surface area contributed by atoms with Crippen LogP contribution in [0.5, 0.6) is 11.5 Å². The van der Waals surface area contributed by atoms with Crippen LogP contribution in [0.15, 0.2) is 18.2 Å². The minimum Gasteiger partial charge on any atom is -0.481 e. The molecule has 7 heteroatoms. The van der Waals surface area contributed by atoms with Crippen molar-refractivity contribution < 1.29 is 24.2 Å². The lowest BCUT2D eigenvalue weighted by molar-refractivity contribution is -0.153. The van der Waals surface area contributed by atoms with Crippen LogP contribution in [-0.2, 0) is 16.1 Å². The molecule has 0 aromatic heterocycles. The van der Waals surface area contributed by atoms with Gasteiger partial charge in [-0.05, 0) is 30.5 Å². The predicted molar refractivity (Wildman–Crippen MR) is 97.5 cm³/mol. The van der Waals surface area contributed by atoms with Gasteiger partial charge in [-0.1, -0.05) is 18.9 Å². The minimum absolute atomic E-state index is 0.0322. The highest BCUT2D eigenvalue weighted by molar-refractivity contribution is 5.85. The van der Waals surface area contributed by atoms with Gasteiger partial charge >= 0.3 is 5.97 Å². The van der Waals surface area contributed by atoms with E-state index in [1.165, 1.54) is 0 Å². The number of carbonyl (C=O) groups is 2. The molecule has 27 heavy (non-hydrogen) atoms. The number of rotatable bonds is 4. The molecule has 0 bridgehead atoms. The SMILES string of the molecule is O=C(O)C1CCCCC1C(=O)N1CCN(Cc2ccc3c(c2)OCO3)CC1. The van der Waals surface area contributed by atoms with Crippen LogP contribution in [0.4, 0.5) is 0 Å². The van der Waals surface area contributed by atoms with E-state index < -0.39 is 11.9 Å². The second-order valence-corrected chi connectivity index (χ2v) is 7.62. The van der Waals surface area contributed by atoms with Gasteiger partial charge in [0.25, 0.3) is 0 Å². The molecule has 1 aromatic carbocycles. The Labute approximate surface area is 158 Å².